The number of hydrogen-bond acceptors (Lipinski definition) is 6. The lowest BCUT2D eigenvalue weighted by molar-refractivity contribution is 0.122. The van der Waals surface area contributed by atoms with Crippen LogP contribution < -0.4 is 9.80 Å². The topological polar surface area (TPSA) is 61.7 Å². The fourth-order valence-corrected chi connectivity index (χ4v) is 4.94. The summed E-state index contributed by atoms with van der Waals surface area (Å²) < 4.78 is 5.51. The van der Waals surface area contributed by atoms with Crippen molar-refractivity contribution in [1.82, 2.24) is 9.97 Å². The zero-order valence-corrected chi connectivity index (χ0v) is 16.3. The van der Waals surface area contributed by atoms with Gasteiger partial charge in [-0.25, -0.2) is 9.97 Å². The Hall–Kier alpha value is -2.86. The molecule has 0 amide bonds. The second kappa shape index (κ2) is 6.32. The number of ether oxygens (including phenoxy) is 1. The fourth-order valence-electron chi connectivity index (χ4n) is 4.94. The first-order chi connectivity index (χ1) is 14.2. The van der Waals surface area contributed by atoms with Crippen LogP contribution in [-0.4, -0.2) is 47.9 Å². The molecule has 6 rings (SSSR count). The summed E-state index contributed by atoms with van der Waals surface area (Å²) in [6.45, 7) is 5.13. The molecule has 3 heterocycles. The lowest BCUT2D eigenvalue weighted by atomic mass is 9.86. The van der Waals surface area contributed by atoms with Crippen molar-refractivity contribution in [3.05, 3.63) is 53.9 Å². The largest absolute Gasteiger partial charge is 0.508 e. The van der Waals surface area contributed by atoms with Crippen LogP contribution in [0.2, 0.25) is 0 Å². The number of phenols is 1. The van der Waals surface area contributed by atoms with Crippen LogP contribution in [0.25, 0.3) is 10.9 Å². The van der Waals surface area contributed by atoms with Crippen LogP contribution in [0, 0.1) is 0 Å². The molecular formula is C23H24N4O2. The number of aromatic hydroxyl groups is 1. The van der Waals surface area contributed by atoms with Gasteiger partial charge in [0.2, 0.25) is 0 Å². The second-order valence-corrected chi connectivity index (χ2v) is 8.48. The number of phenolic OH excluding ortho intramolecular Hbond substituents is 1. The molecule has 29 heavy (non-hydrogen) atoms. The van der Waals surface area contributed by atoms with Gasteiger partial charge in [0.1, 0.15) is 17.9 Å². The standard InChI is InChI=1S/C23H24N4O2/c28-18-3-1-16-13-27(14-23(5-6-23)20(16)12-18)22-19-11-17(26-7-9-29-10-8-26)2-4-21(19)24-15-25-22/h1-4,11-12,15,28H,5-10,13-14H2. The number of aromatic nitrogens is 2. The maximum absolute atomic E-state index is 9.98. The van der Waals surface area contributed by atoms with Gasteiger partial charge < -0.3 is 19.6 Å². The average Bonchev–Trinajstić information content (AvgIpc) is 3.54. The number of fused-ring (bicyclic) bond motifs is 3. The van der Waals surface area contributed by atoms with Gasteiger partial charge in [-0.2, -0.15) is 0 Å². The first-order valence-corrected chi connectivity index (χ1v) is 10.4. The van der Waals surface area contributed by atoms with Crippen molar-refractivity contribution >= 4 is 22.4 Å². The zero-order valence-electron chi connectivity index (χ0n) is 16.3. The number of nitrogens with zero attached hydrogens (tertiary/aromatic N) is 4. The maximum Gasteiger partial charge on any atom is 0.140 e. The fraction of sp³-hybridized carbons (Fsp3) is 0.391. The van der Waals surface area contributed by atoms with Gasteiger partial charge in [-0.1, -0.05) is 6.07 Å². The summed E-state index contributed by atoms with van der Waals surface area (Å²) in [6.07, 6.45) is 4.02. The lowest BCUT2D eigenvalue weighted by Crippen LogP contribution is -2.38. The summed E-state index contributed by atoms with van der Waals surface area (Å²) in [6, 6.07) is 12.3. The Kier molecular flexibility index (Phi) is 3.71. The van der Waals surface area contributed by atoms with E-state index < -0.39 is 0 Å². The molecule has 1 aromatic heterocycles. The van der Waals surface area contributed by atoms with E-state index in [1.165, 1.54) is 29.7 Å². The van der Waals surface area contributed by atoms with Crippen molar-refractivity contribution in [2.75, 3.05) is 42.6 Å². The van der Waals surface area contributed by atoms with E-state index in [2.05, 4.69) is 39.0 Å². The molecule has 2 aliphatic heterocycles. The van der Waals surface area contributed by atoms with E-state index in [1.807, 2.05) is 6.07 Å². The molecular weight excluding hydrogens is 364 g/mol. The van der Waals surface area contributed by atoms with Crippen molar-refractivity contribution < 1.29 is 9.84 Å². The van der Waals surface area contributed by atoms with Crippen LogP contribution in [0.4, 0.5) is 11.5 Å². The number of hydrogen-bond donors (Lipinski definition) is 1. The molecule has 0 radical (unpaired) electrons. The highest BCUT2D eigenvalue weighted by atomic mass is 16.5. The van der Waals surface area contributed by atoms with Crippen LogP contribution in [0.15, 0.2) is 42.7 Å². The average molecular weight is 388 g/mol. The first-order valence-electron chi connectivity index (χ1n) is 10.4. The van der Waals surface area contributed by atoms with Gasteiger partial charge in [0.05, 0.1) is 18.7 Å². The van der Waals surface area contributed by atoms with Crippen LogP contribution in [0.1, 0.15) is 24.0 Å². The molecule has 1 N–H and O–H groups in total. The van der Waals surface area contributed by atoms with Crippen LogP contribution in [-0.2, 0) is 16.7 Å². The van der Waals surface area contributed by atoms with Gasteiger partial charge >= 0.3 is 0 Å². The Morgan fingerprint density at radius 3 is 2.66 bits per heavy atom. The van der Waals surface area contributed by atoms with Gasteiger partial charge in [0, 0.05) is 42.7 Å². The molecule has 1 aliphatic carbocycles. The molecule has 2 aromatic carbocycles. The van der Waals surface area contributed by atoms with E-state index in [-0.39, 0.29) is 5.41 Å². The second-order valence-electron chi connectivity index (χ2n) is 8.48. The van der Waals surface area contributed by atoms with Gasteiger partial charge in [0.15, 0.2) is 0 Å². The molecule has 1 saturated heterocycles. The molecule has 0 bridgehead atoms. The van der Waals surface area contributed by atoms with Crippen molar-refractivity contribution in [1.29, 1.82) is 0 Å². The predicted molar refractivity (Wildman–Crippen MR) is 113 cm³/mol. The van der Waals surface area contributed by atoms with Gasteiger partial charge in [-0.15, -0.1) is 0 Å². The summed E-state index contributed by atoms with van der Waals surface area (Å²) in [5, 5.41) is 11.1. The Morgan fingerprint density at radius 1 is 0.966 bits per heavy atom. The van der Waals surface area contributed by atoms with Gasteiger partial charge in [-0.3, -0.25) is 0 Å². The number of rotatable bonds is 2. The van der Waals surface area contributed by atoms with E-state index in [9.17, 15) is 5.11 Å². The Labute approximate surface area is 169 Å². The van der Waals surface area contributed by atoms with E-state index in [0.29, 0.717) is 5.75 Å². The smallest absolute Gasteiger partial charge is 0.140 e. The Balaban J connectivity index is 1.42. The summed E-state index contributed by atoms with van der Waals surface area (Å²) in [7, 11) is 0. The zero-order chi connectivity index (χ0) is 19.4. The minimum Gasteiger partial charge on any atom is -0.508 e. The maximum atomic E-state index is 9.98. The van der Waals surface area contributed by atoms with E-state index in [0.717, 1.165) is 56.1 Å². The van der Waals surface area contributed by atoms with Crippen molar-refractivity contribution in [3.63, 3.8) is 0 Å². The SMILES string of the molecule is Oc1ccc2c(c1)C1(CC1)CN(c1ncnc3ccc(N4CCOCC4)cc13)C2. The number of anilines is 2. The molecule has 1 saturated carbocycles. The highest BCUT2D eigenvalue weighted by Crippen LogP contribution is 2.53. The minimum absolute atomic E-state index is 0.158. The summed E-state index contributed by atoms with van der Waals surface area (Å²) in [4.78, 5) is 14.0. The van der Waals surface area contributed by atoms with Gasteiger partial charge in [-0.05, 0) is 54.3 Å². The quantitative estimate of drug-likeness (QED) is 0.727. The van der Waals surface area contributed by atoms with Crippen molar-refractivity contribution in [2.24, 2.45) is 0 Å². The van der Waals surface area contributed by atoms with E-state index in [4.69, 9.17) is 9.72 Å². The third kappa shape index (κ3) is 2.82. The van der Waals surface area contributed by atoms with Crippen molar-refractivity contribution in [3.8, 4) is 5.75 Å². The minimum atomic E-state index is 0.158. The van der Waals surface area contributed by atoms with Crippen LogP contribution >= 0.6 is 0 Å². The molecule has 148 valence electrons. The number of benzene rings is 2. The normalized spacial score (nSPS) is 20.1. The van der Waals surface area contributed by atoms with Crippen LogP contribution in [0.5, 0.6) is 5.75 Å². The predicted octanol–water partition coefficient (Wildman–Crippen LogP) is 3.22. The third-order valence-electron chi connectivity index (χ3n) is 6.65. The molecule has 1 spiro atoms. The van der Waals surface area contributed by atoms with Gasteiger partial charge in [0.25, 0.3) is 0 Å². The summed E-state index contributed by atoms with van der Waals surface area (Å²) >= 11 is 0. The molecule has 0 atom stereocenters. The highest BCUT2D eigenvalue weighted by Gasteiger charge is 2.49. The molecule has 0 unspecified atom stereocenters. The van der Waals surface area contributed by atoms with E-state index in [1.54, 1.807) is 12.4 Å². The Bertz CT molecular complexity index is 1090. The summed E-state index contributed by atoms with van der Waals surface area (Å²) in [5.74, 6) is 1.38. The third-order valence-corrected chi connectivity index (χ3v) is 6.65. The first kappa shape index (κ1) is 17.0. The van der Waals surface area contributed by atoms with Crippen LogP contribution in [0.3, 0.4) is 0 Å². The summed E-state index contributed by atoms with van der Waals surface area (Å²) in [5.41, 5.74) is 4.96. The number of morpholine rings is 1. The highest BCUT2D eigenvalue weighted by molar-refractivity contribution is 5.92. The van der Waals surface area contributed by atoms with E-state index >= 15 is 0 Å². The molecule has 3 aliphatic rings. The molecule has 2 fully saturated rings. The Morgan fingerprint density at radius 2 is 1.83 bits per heavy atom. The van der Waals surface area contributed by atoms with Crippen molar-refractivity contribution in [2.45, 2.75) is 24.8 Å². The monoisotopic (exact) mass is 388 g/mol. The molecule has 3 aromatic rings. The lowest BCUT2D eigenvalue weighted by Gasteiger charge is -2.36. The molecule has 6 heteroatoms. The molecule has 6 nitrogen and oxygen atoms in total.